The monoisotopic (exact) mass is 364 g/mol. The van der Waals surface area contributed by atoms with E-state index in [2.05, 4.69) is 37.3 Å². The van der Waals surface area contributed by atoms with Crippen molar-refractivity contribution in [1.82, 2.24) is 0 Å². The molecule has 24 heavy (non-hydrogen) atoms. The Morgan fingerprint density at radius 1 is 1.04 bits per heavy atom. The van der Waals surface area contributed by atoms with Crippen LogP contribution in [0.15, 0.2) is 64.4 Å². The molecule has 130 valence electrons. The highest BCUT2D eigenvalue weighted by Gasteiger charge is 2.40. The number of rotatable bonds is 5. The maximum Gasteiger partial charge on any atom is 0.155 e. The summed E-state index contributed by atoms with van der Waals surface area (Å²) < 4.78 is 31.2. The minimum atomic E-state index is -4.27. The van der Waals surface area contributed by atoms with E-state index in [1.54, 1.807) is 17.0 Å². The fraction of sp³-hybridized carbons (Fsp3) is 0.368. The van der Waals surface area contributed by atoms with E-state index in [1.165, 1.54) is 37.1 Å². The van der Waals surface area contributed by atoms with Crippen molar-refractivity contribution in [3.05, 3.63) is 60.2 Å². The maximum atomic E-state index is 10.4. The van der Waals surface area contributed by atoms with Gasteiger partial charge >= 0.3 is 0 Å². The lowest BCUT2D eigenvalue weighted by Gasteiger charge is -2.05. The van der Waals surface area contributed by atoms with Crippen LogP contribution in [0.25, 0.3) is 0 Å². The third kappa shape index (κ3) is 5.96. The lowest BCUT2D eigenvalue weighted by Crippen LogP contribution is -2.12. The second kappa shape index (κ2) is 8.70. The second-order valence-electron chi connectivity index (χ2n) is 5.91. The van der Waals surface area contributed by atoms with Crippen LogP contribution in [0.2, 0.25) is 0 Å². The molecule has 0 radical (unpaired) electrons. The molecule has 1 unspecified atom stereocenters. The molecule has 0 bridgehead atoms. The normalized spacial score (nSPS) is 15.3. The average Bonchev–Trinajstić information content (AvgIpc) is 3.38. The van der Waals surface area contributed by atoms with Crippen molar-refractivity contribution in [1.29, 1.82) is 0 Å². The zero-order chi connectivity index (χ0) is 17.6. The fourth-order valence-corrected chi connectivity index (χ4v) is 5.42. The van der Waals surface area contributed by atoms with E-state index in [-0.39, 0.29) is 4.90 Å². The van der Waals surface area contributed by atoms with Crippen molar-refractivity contribution in [2.24, 2.45) is 0 Å². The zero-order valence-corrected chi connectivity index (χ0v) is 15.8. The second-order valence-corrected chi connectivity index (χ2v) is 9.70. The largest absolute Gasteiger partial charge is 0.744 e. The Hall–Kier alpha value is -1.30. The van der Waals surface area contributed by atoms with E-state index in [9.17, 15) is 13.0 Å². The first kappa shape index (κ1) is 19.0. The van der Waals surface area contributed by atoms with Gasteiger partial charge in [-0.15, -0.1) is 0 Å². The molecule has 5 heteroatoms. The van der Waals surface area contributed by atoms with Gasteiger partial charge in [0.2, 0.25) is 0 Å². The minimum absolute atomic E-state index is 0.178. The van der Waals surface area contributed by atoms with Gasteiger partial charge in [0.1, 0.15) is 21.1 Å². The zero-order valence-electron chi connectivity index (χ0n) is 14.1. The molecule has 2 aromatic carbocycles. The average molecular weight is 365 g/mol. The number of benzene rings is 2. The van der Waals surface area contributed by atoms with E-state index >= 15 is 0 Å². The maximum absolute atomic E-state index is 10.4. The van der Waals surface area contributed by atoms with E-state index in [0.29, 0.717) is 10.9 Å². The van der Waals surface area contributed by atoms with Gasteiger partial charge in [-0.25, -0.2) is 8.42 Å². The summed E-state index contributed by atoms with van der Waals surface area (Å²) in [5.41, 5.74) is 0.928. The SMILES string of the molecule is CCC[S+](c1ccccc1)C1CC1.Cc1ccc(S(=O)(=O)[O-])cc1. The first-order valence-corrected chi connectivity index (χ1v) is 11.1. The summed E-state index contributed by atoms with van der Waals surface area (Å²) in [4.78, 5) is 1.41. The van der Waals surface area contributed by atoms with Crippen LogP contribution >= 0.6 is 0 Å². The predicted octanol–water partition coefficient (Wildman–Crippen LogP) is 4.14. The molecule has 0 aromatic heterocycles. The van der Waals surface area contributed by atoms with Gasteiger partial charge in [-0.3, -0.25) is 0 Å². The molecule has 1 atom stereocenters. The van der Waals surface area contributed by atoms with E-state index in [0.717, 1.165) is 10.8 Å². The molecule has 0 heterocycles. The lowest BCUT2D eigenvalue weighted by molar-refractivity contribution is 0.463. The molecule has 3 rings (SSSR count). The summed E-state index contributed by atoms with van der Waals surface area (Å²) in [5.74, 6) is 1.40. The van der Waals surface area contributed by atoms with Crippen LogP contribution in [0.1, 0.15) is 31.7 Å². The minimum Gasteiger partial charge on any atom is -0.744 e. The standard InChI is InChI=1S/C12H17S.C7H8O3S/c1-2-10-13(12-8-9-12)11-6-4-3-5-7-11;1-6-2-4-7(5-3-6)11(8,9)10/h3-7,12H,2,8-10H2,1H3;2-5H,1H3,(H,8,9,10)/q+1;/p-1. The molecule has 0 aliphatic heterocycles. The summed E-state index contributed by atoms with van der Waals surface area (Å²) in [7, 11) is -3.70. The molecule has 2 aromatic rings. The number of aryl methyl sites for hydroxylation is 1. The van der Waals surface area contributed by atoms with Gasteiger partial charge in [0.05, 0.1) is 4.90 Å². The summed E-state index contributed by atoms with van der Waals surface area (Å²) in [6, 6.07) is 16.9. The Morgan fingerprint density at radius 2 is 1.62 bits per heavy atom. The van der Waals surface area contributed by atoms with Crippen LogP contribution in [-0.2, 0) is 21.0 Å². The van der Waals surface area contributed by atoms with Crippen molar-refractivity contribution in [2.75, 3.05) is 5.75 Å². The van der Waals surface area contributed by atoms with Crippen molar-refractivity contribution in [3.8, 4) is 0 Å². The molecular formula is C19H24O3S2. The quantitative estimate of drug-likeness (QED) is 0.592. The van der Waals surface area contributed by atoms with E-state index < -0.39 is 10.1 Å². The Bertz CT molecular complexity index is 721. The van der Waals surface area contributed by atoms with E-state index in [1.807, 2.05) is 6.92 Å². The molecule has 1 fully saturated rings. The molecule has 0 N–H and O–H groups in total. The van der Waals surface area contributed by atoms with Crippen LogP contribution in [0.3, 0.4) is 0 Å². The van der Waals surface area contributed by atoms with Crippen LogP contribution in [0, 0.1) is 6.92 Å². The summed E-state index contributed by atoms with van der Waals surface area (Å²) in [6.07, 6.45) is 4.27. The predicted molar refractivity (Wildman–Crippen MR) is 99.4 cm³/mol. The van der Waals surface area contributed by atoms with E-state index in [4.69, 9.17) is 0 Å². The third-order valence-corrected chi connectivity index (χ3v) is 7.56. The Kier molecular flexibility index (Phi) is 6.90. The molecule has 3 nitrogen and oxygen atoms in total. The summed E-state index contributed by atoms with van der Waals surface area (Å²) in [5, 5.41) is 1.03. The third-order valence-electron chi connectivity index (χ3n) is 3.71. The van der Waals surface area contributed by atoms with Gasteiger partial charge in [-0.2, -0.15) is 0 Å². The summed E-state index contributed by atoms with van der Waals surface area (Å²) >= 11 is 0. The van der Waals surface area contributed by atoms with Crippen LogP contribution in [0.5, 0.6) is 0 Å². The highest BCUT2D eigenvalue weighted by Crippen LogP contribution is 2.35. The molecule has 0 spiro atoms. The van der Waals surface area contributed by atoms with Crippen LogP contribution < -0.4 is 0 Å². The molecule has 1 aliphatic carbocycles. The first-order chi connectivity index (χ1) is 11.4. The highest BCUT2D eigenvalue weighted by atomic mass is 32.2. The van der Waals surface area contributed by atoms with Gasteiger partial charge in [0.15, 0.2) is 4.90 Å². The van der Waals surface area contributed by atoms with Gasteiger partial charge in [0.25, 0.3) is 0 Å². The highest BCUT2D eigenvalue weighted by molar-refractivity contribution is 7.97. The number of hydrogen-bond acceptors (Lipinski definition) is 3. The van der Waals surface area contributed by atoms with Crippen molar-refractivity contribution in [3.63, 3.8) is 0 Å². The van der Waals surface area contributed by atoms with Gasteiger partial charge in [0, 0.05) is 23.7 Å². The van der Waals surface area contributed by atoms with Gasteiger partial charge in [-0.1, -0.05) is 42.8 Å². The lowest BCUT2D eigenvalue weighted by atomic mass is 10.2. The van der Waals surface area contributed by atoms with Gasteiger partial charge in [-0.05, 0) is 37.6 Å². The van der Waals surface area contributed by atoms with Crippen molar-refractivity contribution in [2.45, 2.75) is 48.2 Å². The molecule has 1 aliphatic rings. The molecular weight excluding hydrogens is 340 g/mol. The Balaban J connectivity index is 0.000000177. The number of hydrogen-bond donors (Lipinski definition) is 0. The van der Waals surface area contributed by atoms with Crippen molar-refractivity contribution >= 4 is 21.0 Å². The topological polar surface area (TPSA) is 57.2 Å². The molecule has 1 saturated carbocycles. The first-order valence-electron chi connectivity index (χ1n) is 8.19. The van der Waals surface area contributed by atoms with Crippen LogP contribution in [0.4, 0.5) is 0 Å². The molecule has 0 amide bonds. The Labute approximate surface area is 148 Å². The van der Waals surface area contributed by atoms with Gasteiger partial charge < -0.3 is 4.55 Å². The fourth-order valence-electron chi connectivity index (χ4n) is 2.35. The summed E-state index contributed by atoms with van der Waals surface area (Å²) in [6.45, 7) is 4.12. The molecule has 0 saturated heterocycles. The van der Waals surface area contributed by atoms with Crippen LogP contribution in [-0.4, -0.2) is 24.0 Å². The van der Waals surface area contributed by atoms with Crippen molar-refractivity contribution < 1.29 is 13.0 Å². The smallest absolute Gasteiger partial charge is 0.155 e. The Morgan fingerprint density at radius 3 is 2.08 bits per heavy atom.